The van der Waals surface area contributed by atoms with Crippen LogP contribution in [-0.2, 0) is 22.6 Å². The molecule has 7 heteroatoms. The molecule has 1 aliphatic carbocycles. The molecule has 0 atom stereocenters. The number of rotatable bonds is 8. The number of aliphatic carboxylic acids is 1. The largest absolute Gasteiger partial charge is 0.481 e. The van der Waals surface area contributed by atoms with Crippen molar-refractivity contribution in [3.05, 3.63) is 59.7 Å². The van der Waals surface area contributed by atoms with Crippen LogP contribution in [0.2, 0.25) is 0 Å². The molecule has 0 unspecified atom stereocenters. The van der Waals surface area contributed by atoms with Crippen LogP contribution in [-0.4, -0.2) is 38.1 Å². The third-order valence-corrected chi connectivity index (χ3v) is 6.14. The molecule has 1 aliphatic rings. The molecule has 1 N–H and O–H groups in total. The number of carboxylic acids is 1. The molecule has 0 bridgehead atoms. The van der Waals surface area contributed by atoms with E-state index in [1.54, 1.807) is 4.90 Å². The molecular formula is C26H29N3O4. The van der Waals surface area contributed by atoms with E-state index in [0.717, 1.165) is 23.1 Å². The highest BCUT2D eigenvalue weighted by atomic mass is 16.5. The maximum absolute atomic E-state index is 12.1. The summed E-state index contributed by atoms with van der Waals surface area (Å²) in [6.45, 7) is 6.37. The SMILES string of the molecule is CC(=O)N(Cc1ccc(-c2noc(-c3ccc(CC(C)C)cc3)n2)cc1)C1CC(C(=O)O)C1. The van der Waals surface area contributed by atoms with E-state index in [1.165, 1.54) is 12.5 Å². The van der Waals surface area contributed by atoms with Crippen molar-refractivity contribution in [1.29, 1.82) is 0 Å². The molecule has 7 nitrogen and oxygen atoms in total. The van der Waals surface area contributed by atoms with Crippen molar-refractivity contribution in [2.24, 2.45) is 11.8 Å². The molecule has 1 heterocycles. The van der Waals surface area contributed by atoms with Crippen LogP contribution in [0.25, 0.3) is 22.8 Å². The first-order valence-corrected chi connectivity index (χ1v) is 11.3. The van der Waals surface area contributed by atoms with E-state index >= 15 is 0 Å². The van der Waals surface area contributed by atoms with Gasteiger partial charge in [-0.2, -0.15) is 4.98 Å². The van der Waals surface area contributed by atoms with Crippen LogP contribution >= 0.6 is 0 Å². The Bertz CT molecular complexity index is 1110. The molecule has 0 spiro atoms. The summed E-state index contributed by atoms with van der Waals surface area (Å²) in [6, 6.07) is 15.9. The topological polar surface area (TPSA) is 96.5 Å². The van der Waals surface area contributed by atoms with Gasteiger partial charge in [-0.3, -0.25) is 9.59 Å². The number of hydrogen-bond donors (Lipinski definition) is 1. The number of amides is 1. The Kier molecular flexibility index (Phi) is 6.58. The zero-order valence-electron chi connectivity index (χ0n) is 19.2. The quantitative estimate of drug-likeness (QED) is 0.532. The summed E-state index contributed by atoms with van der Waals surface area (Å²) in [5.41, 5.74) is 3.96. The Morgan fingerprint density at radius 2 is 1.64 bits per heavy atom. The fourth-order valence-corrected chi connectivity index (χ4v) is 4.21. The molecule has 4 rings (SSSR count). The highest BCUT2D eigenvalue weighted by molar-refractivity contribution is 5.75. The van der Waals surface area contributed by atoms with Crippen molar-refractivity contribution in [1.82, 2.24) is 15.0 Å². The highest BCUT2D eigenvalue weighted by Gasteiger charge is 2.38. The fourth-order valence-electron chi connectivity index (χ4n) is 4.21. The Morgan fingerprint density at radius 1 is 1.03 bits per heavy atom. The number of aromatic nitrogens is 2. The van der Waals surface area contributed by atoms with Gasteiger partial charge in [-0.1, -0.05) is 55.4 Å². The normalized spacial score (nSPS) is 17.6. The van der Waals surface area contributed by atoms with Gasteiger partial charge in [-0.05, 0) is 48.4 Å². The molecule has 0 radical (unpaired) electrons. The van der Waals surface area contributed by atoms with Gasteiger partial charge in [0.2, 0.25) is 11.7 Å². The first kappa shape index (κ1) is 22.7. The fraction of sp³-hybridized carbons (Fsp3) is 0.385. The second-order valence-electron chi connectivity index (χ2n) is 9.22. The van der Waals surface area contributed by atoms with Gasteiger partial charge in [0.15, 0.2) is 0 Å². The molecule has 1 saturated carbocycles. The van der Waals surface area contributed by atoms with Crippen molar-refractivity contribution in [3.63, 3.8) is 0 Å². The van der Waals surface area contributed by atoms with Gasteiger partial charge in [0.1, 0.15) is 0 Å². The van der Waals surface area contributed by atoms with Crippen molar-refractivity contribution >= 4 is 11.9 Å². The zero-order chi connectivity index (χ0) is 23.5. The van der Waals surface area contributed by atoms with Crippen LogP contribution in [0.1, 0.15) is 44.7 Å². The summed E-state index contributed by atoms with van der Waals surface area (Å²) in [7, 11) is 0. The van der Waals surface area contributed by atoms with Crippen LogP contribution in [0.15, 0.2) is 53.1 Å². The van der Waals surface area contributed by atoms with Crippen LogP contribution in [0.5, 0.6) is 0 Å². The monoisotopic (exact) mass is 447 g/mol. The van der Waals surface area contributed by atoms with E-state index < -0.39 is 5.97 Å². The Labute approximate surface area is 193 Å². The van der Waals surface area contributed by atoms with E-state index in [2.05, 4.69) is 36.1 Å². The lowest BCUT2D eigenvalue weighted by molar-refractivity contribution is -0.150. The lowest BCUT2D eigenvalue weighted by Crippen LogP contribution is -2.48. The smallest absolute Gasteiger partial charge is 0.306 e. The average molecular weight is 448 g/mol. The number of carbonyl (C=O) groups excluding carboxylic acids is 1. The van der Waals surface area contributed by atoms with Crippen molar-refractivity contribution < 1.29 is 19.2 Å². The summed E-state index contributed by atoms with van der Waals surface area (Å²) in [5.74, 6) is 0.408. The lowest BCUT2D eigenvalue weighted by atomic mass is 9.79. The summed E-state index contributed by atoms with van der Waals surface area (Å²) >= 11 is 0. The molecule has 0 aliphatic heterocycles. The standard InChI is InChI=1S/C26H29N3O4/c1-16(2)12-18-4-10-21(11-5-18)25-27-24(28-33-25)20-8-6-19(7-9-20)15-29(17(3)30)23-13-22(14-23)26(31)32/h4-11,16,22-23H,12-15H2,1-3H3,(H,31,32). The van der Waals surface area contributed by atoms with E-state index in [0.29, 0.717) is 37.0 Å². The lowest BCUT2D eigenvalue weighted by Gasteiger charge is -2.40. The third-order valence-electron chi connectivity index (χ3n) is 6.14. The first-order chi connectivity index (χ1) is 15.8. The second kappa shape index (κ2) is 9.57. The Hall–Kier alpha value is -3.48. The van der Waals surface area contributed by atoms with Crippen LogP contribution < -0.4 is 0 Å². The number of carboxylic acid groups (broad SMARTS) is 1. The van der Waals surface area contributed by atoms with Gasteiger partial charge in [0, 0.05) is 30.6 Å². The molecule has 3 aromatic rings. The Morgan fingerprint density at radius 3 is 2.21 bits per heavy atom. The predicted octanol–water partition coefficient (Wildman–Crippen LogP) is 4.81. The van der Waals surface area contributed by atoms with Gasteiger partial charge in [-0.15, -0.1) is 0 Å². The van der Waals surface area contributed by atoms with Gasteiger partial charge in [-0.25, -0.2) is 0 Å². The highest BCUT2D eigenvalue weighted by Crippen LogP contribution is 2.33. The maximum Gasteiger partial charge on any atom is 0.306 e. The maximum atomic E-state index is 12.1. The number of hydrogen-bond acceptors (Lipinski definition) is 5. The summed E-state index contributed by atoms with van der Waals surface area (Å²) in [4.78, 5) is 29.5. The van der Waals surface area contributed by atoms with Crippen molar-refractivity contribution in [2.75, 3.05) is 0 Å². The van der Waals surface area contributed by atoms with Gasteiger partial charge >= 0.3 is 5.97 Å². The van der Waals surface area contributed by atoms with E-state index in [-0.39, 0.29) is 17.9 Å². The Balaban J connectivity index is 1.42. The minimum absolute atomic E-state index is 0.0185. The van der Waals surface area contributed by atoms with E-state index in [9.17, 15) is 9.59 Å². The van der Waals surface area contributed by atoms with E-state index in [4.69, 9.17) is 9.63 Å². The molecule has 33 heavy (non-hydrogen) atoms. The third kappa shape index (κ3) is 5.30. The minimum atomic E-state index is -0.787. The number of carbonyl (C=O) groups is 2. The molecule has 1 fully saturated rings. The molecule has 0 saturated heterocycles. The number of nitrogens with zero attached hydrogens (tertiary/aromatic N) is 3. The second-order valence-corrected chi connectivity index (χ2v) is 9.22. The van der Waals surface area contributed by atoms with Crippen molar-refractivity contribution in [3.8, 4) is 22.8 Å². The van der Waals surface area contributed by atoms with Crippen LogP contribution in [0.3, 0.4) is 0 Å². The summed E-state index contributed by atoms with van der Waals surface area (Å²) in [5, 5.41) is 13.2. The first-order valence-electron chi connectivity index (χ1n) is 11.3. The van der Waals surface area contributed by atoms with Gasteiger partial charge < -0.3 is 14.5 Å². The van der Waals surface area contributed by atoms with Crippen LogP contribution in [0, 0.1) is 11.8 Å². The van der Waals surface area contributed by atoms with Crippen LogP contribution in [0.4, 0.5) is 0 Å². The van der Waals surface area contributed by atoms with Gasteiger partial charge in [0.25, 0.3) is 5.89 Å². The molecule has 172 valence electrons. The molecular weight excluding hydrogens is 418 g/mol. The van der Waals surface area contributed by atoms with Crippen molar-refractivity contribution in [2.45, 2.75) is 52.6 Å². The number of benzene rings is 2. The summed E-state index contributed by atoms with van der Waals surface area (Å²) < 4.78 is 5.47. The van der Waals surface area contributed by atoms with E-state index in [1.807, 2.05) is 36.4 Å². The zero-order valence-corrected chi connectivity index (χ0v) is 19.2. The molecule has 1 amide bonds. The predicted molar refractivity (Wildman–Crippen MR) is 124 cm³/mol. The van der Waals surface area contributed by atoms with Gasteiger partial charge in [0.05, 0.1) is 5.92 Å². The minimum Gasteiger partial charge on any atom is -0.481 e. The summed E-state index contributed by atoms with van der Waals surface area (Å²) in [6.07, 6.45) is 2.05. The molecule has 1 aromatic heterocycles. The molecule has 2 aromatic carbocycles. The average Bonchev–Trinajstić information content (AvgIpc) is 3.22.